The average molecular weight is 949 g/mol. The first-order valence-corrected chi connectivity index (χ1v) is 25.0. The number of nitrogens with two attached hydrogens (primary N) is 1. The van der Waals surface area contributed by atoms with Gasteiger partial charge in [0.2, 0.25) is 12.3 Å². The van der Waals surface area contributed by atoms with Gasteiger partial charge in [0.1, 0.15) is 6.29 Å². The number of fused-ring (bicyclic) bond motifs is 5. The quantitative estimate of drug-likeness (QED) is 0.0418. The SMILES string of the molecule is C=C/C(CNC)=C(/C)N=CC.C=CC.C\C=C/C(=C\C=C\C=O)C/C(C)=C/C(=C\C)CCNC(=O)C1CCCCCCC2C1CCC1C2(C)CCC2C(C)(C)C(O)CCC21C.NC=O.O=COF. The summed E-state index contributed by atoms with van der Waals surface area (Å²) in [5.41, 5.74) is 10.5. The molecule has 11 heteroatoms. The lowest BCUT2D eigenvalue weighted by molar-refractivity contribution is -0.205. The number of allylic oxidation sites excluding steroid dienone is 11. The number of halogens is 1. The Morgan fingerprint density at radius 2 is 1.50 bits per heavy atom. The Morgan fingerprint density at radius 1 is 0.882 bits per heavy atom. The number of carbonyl (C=O) groups is 4. The molecule has 0 saturated heterocycles. The summed E-state index contributed by atoms with van der Waals surface area (Å²) < 4.78 is 9.85. The van der Waals surface area contributed by atoms with Gasteiger partial charge < -0.3 is 21.5 Å². The number of hydrogen-bond acceptors (Lipinski definition) is 8. The Labute approximate surface area is 412 Å². The van der Waals surface area contributed by atoms with Gasteiger partial charge in [-0.15, -0.1) is 6.58 Å². The Kier molecular flexibility index (Phi) is 32.5. The van der Waals surface area contributed by atoms with Crippen molar-refractivity contribution in [1.29, 1.82) is 0 Å². The zero-order valence-electron chi connectivity index (χ0n) is 44.1. The van der Waals surface area contributed by atoms with Crippen molar-refractivity contribution in [3.8, 4) is 0 Å². The minimum Gasteiger partial charge on any atom is -0.393 e. The number of aliphatic hydroxyl groups excluding tert-OH is 1. The summed E-state index contributed by atoms with van der Waals surface area (Å²) in [6, 6.07) is 0. The van der Waals surface area contributed by atoms with E-state index in [1.165, 1.54) is 75.0 Å². The lowest BCUT2D eigenvalue weighted by Gasteiger charge is -2.67. The van der Waals surface area contributed by atoms with E-state index in [2.05, 4.69) is 99.2 Å². The van der Waals surface area contributed by atoms with Gasteiger partial charge in [0.15, 0.2) is 0 Å². The molecule has 0 spiro atoms. The van der Waals surface area contributed by atoms with Crippen LogP contribution in [-0.2, 0) is 24.1 Å². The molecule has 8 atom stereocenters. The van der Waals surface area contributed by atoms with Gasteiger partial charge in [0.25, 0.3) is 0 Å². The summed E-state index contributed by atoms with van der Waals surface area (Å²) in [5, 5.41) is 17.5. The number of likely N-dealkylation sites (N-methyl/N-ethyl adjacent to an activating group) is 1. The van der Waals surface area contributed by atoms with Crippen LogP contribution in [-0.4, -0.2) is 62.6 Å². The second-order valence-corrected chi connectivity index (χ2v) is 19.8. The Morgan fingerprint density at radius 3 is 2.04 bits per heavy atom. The molecule has 10 nitrogen and oxygen atoms in total. The monoisotopic (exact) mass is 949 g/mol. The van der Waals surface area contributed by atoms with Gasteiger partial charge in [0, 0.05) is 35.4 Å². The van der Waals surface area contributed by atoms with Gasteiger partial charge in [0.05, 0.1) is 6.10 Å². The van der Waals surface area contributed by atoms with Crippen molar-refractivity contribution in [1.82, 2.24) is 10.6 Å². The zero-order valence-corrected chi connectivity index (χ0v) is 44.1. The standard InChI is InChI=1S/C43H67NO3.C9H16N2.C3H6.CHFO2.CH3NO/c1-8-16-33(17-14-15-28-45)30-31(3)29-32(9-2)24-27-44-40(47)35-18-12-10-11-13-19-36-34(35)20-21-38-42(36,6)25-22-37-41(4,5)39(46)23-26-43(37,38)7;1-5-9(7-10-4)8(3)11-6-2;1-3-2;2-4-1-3;2-1-3/h8-9,14-17,28-29,34-39,46H,10-13,18-27,30H2,1-7H3,(H,44,47);5-6,10H,1,7H2,2-4H3;3H,1H2,2H3;1H;1H,(H2,2,3)/b15-14+,16-8-,31-29+,32-9-,33-17+;9-8+,11-6?;;;. The first-order chi connectivity index (χ1) is 32.4. The molecular formula is C57H93FN4O6. The molecule has 0 radical (unpaired) electrons. The molecule has 0 aromatic rings. The molecule has 0 aromatic carbocycles. The molecule has 0 aromatic heterocycles. The number of carbonyl (C=O) groups excluding carboxylic acids is 4. The number of hydrogen-bond donors (Lipinski definition) is 4. The smallest absolute Gasteiger partial charge is 0.337 e. The van der Waals surface area contributed by atoms with Crippen LogP contribution in [0, 0.1) is 45.8 Å². The topological polar surface area (TPSA) is 160 Å². The van der Waals surface area contributed by atoms with Gasteiger partial charge >= 0.3 is 6.47 Å². The van der Waals surface area contributed by atoms with Crippen molar-refractivity contribution in [3.05, 3.63) is 95.8 Å². The van der Waals surface area contributed by atoms with E-state index in [-0.39, 0.29) is 41.1 Å². The fourth-order valence-electron chi connectivity index (χ4n) is 12.3. The third kappa shape index (κ3) is 19.9. The van der Waals surface area contributed by atoms with Crippen LogP contribution in [0.15, 0.2) is 101 Å². The number of aldehydes is 1. The van der Waals surface area contributed by atoms with Crippen molar-refractivity contribution >= 4 is 31.3 Å². The van der Waals surface area contributed by atoms with Crippen molar-refractivity contribution in [2.24, 2.45) is 56.6 Å². The molecule has 2 amide bonds. The number of rotatable bonds is 15. The van der Waals surface area contributed by atoms with E-state index in [9.17, 15) is 19.2 Å². The molecule has 4 fully saturated rings. The highest BCUT2D eigenvalue weighted by molar-refractivity contribution is 5.79. The largest absolute Gasteiger partial charge is 0.393 e. The number of nitrogens with one attached hydrogen (secondary N) is 2. The van der Waals surface area contributed by atoms with E-state index < -0.39 is 0 Å². The molecule has 5 N–H and O–H groups in total. The molecular weight excluding hydrogens is 856 g/mol. The Hall–Kier alpha value is -4.48. The fourth-order valence-corrected chi connectivity index (χ4v) is 12.3. The number of aliphatic hydroxyl groups is 1. The molecule has 4 aliphatic rings. The number of aliphatic imine (C=N–C) groups is 1. The maximum atomic E-state index is 14.1. The van der Waals surface area contributed by atoms with E-state index in [1.807, 2.05) is 53.0 Å². The zero-order chi connectivity index (χ0) is 51.8. The van der Waals surface area contributed by atoms with E-state index in [0.29, 0.717) is 36.1 Å². The van der Waals surface area contributed by atoms with Crippen molar-refractivity contribution < 1.29 is 33.8 Å². The molecule has 384 valence electrons. The third-order valence-corrected chi connectivity index (χ3v) is 15.2. The fraction of sp³-hybridized carbons (Fsp3) is 0.632. The summed E-state index contributed by atoms with van der Waals surface area (Å²) in [7, 11) is 1.91. The maximum Gasteiger partial charge on any atom is 0.337 e. The van der Waals surface area contributed by atoms with Crippen LogP contribution in [0.2, 0.25) is 0 Å². The molecule has 0 aliphatic heterocycles. The molecule has 4 saturated carbocycles. The van der Waals surface area contributed by atoms with Crippen LogP contribution in [0.1, 0.15) is 159 Å². The van der Waals surface area contributed by atoms with Gasteiger partial charge in [-0.3, -0.25) is 29.1 Å². The van der Waals surface area contributed by atoms with Crippen molar-refractivity contribution in [2.75, 3.05) is 20.1 Å². The van der Waals surface area contributed by atoms with E-state index in [0.717, 1.165) is 61.8 Å². The number of amides is 2. The van der Waals surface area contributed by atoms with Gasteiger partial charge in [-0.1, -0.05) is 120 Å². The molecule has 8 unspecified atom stereocenters. The van der Waals surface area contributed by atoms with E-state index in [4.69, 9.17) is 9.59 Å². The van der Waals surface area contributed by atoms with Gasteiger partial charge in [-0.25, -0.2) is 0 Å². The first-order valence-electron chi connectivity index (χ1n) is 25.0. The number of nitrogens with zero attached hydrogens (tertiary/aromatic N) is 1. The van der Waals surface area contributed by atoms with Crippen LogP contribution in [0.25, 0.3) is 0 Å². The summed E-state index contributed by atoms with van der Waals surface area (Å²) >= 11 is 0. The molecule has 68 heavy (non-hydrogen) atoms. The Bertz CT molecular complexity index is 1750. The molecule has 0 bridgehead atoms. The van der Waals surface area contributed by atoms with Crippen LogP contribution in [0.4, 0.5) is 4.53 Å². The lowest BCUT2D eigenvalue weighted by atomic mass is 9.37. The highest BCUT2D eigenvalue weighted by atomic mass is 19.3. The molecule has 0 heterocycles. The van der Waals surface area contributed by atoms with Gasteiger partial charge in [-0.2, -0.15) is 0 Å². The third-order valence-electron chi connectivity index (χ3n) is 15.2. The lowest BCUT2D eigenvalue weighted by Crippen LogP contribution is -2.62. The highest BCUT2D eigenvalue weighted by Crippen LogP contribution is 2.70. The van der Waals surface area contributed by atoms with E-state index >= 15 is 0 Å². The highest BCUT2D eigenvalue weighted by Gasteiger charge is 2.64. The predicted octanol–water partition coefficient (Wildman–Crippen LogP) is 12.3. The number of primary amides is 1. The minimum absolute atomic E-state index is 0.0223. The van der Waals surface area contributed by atoms with Crippen LogP contribution in [0.5, 0.6) is 0 Å². The second-order valence-electron chi connectivity index (χ2n) is 19.8. The normalized spacial score (nSPS) is 28.3. The molecule has 4 aliphatic carbocycles. The summed E-state index contributed by atoms with van der Waals surface area (Å²) in [4.78, 5) is 48.5. The van der Waals surface area contributed by atoms with Gasteiger partial charge in [-0.05, 0) is 170 Å². The minimum atomic E-state index is -0.292. The van der Waals surface area contributed by atoms with E-state index in [1.54, 1.807) is 18.4 Å². The van der Waals surface area contributed by atoms with Crippen LogP contribution >= 0.6 is 0 Å². The molecule has 4 rings (SSSR count). The predicted molar refractivity (Wildman–Crippen MR) is 282 cm³/mol. The van der Waals surface area contributed by atoms with Crippen LogP contribution < -0.4 is 16.4 Å². The van der Waals surface area contributed by atoms with Crippen molar-refractivity contribution in [3.63, 3.8) is 0 Å². The summed E-state index contributed by atoms with van der Waals surface area (Å²) in [6.07, 6.45) is 36.0. The summed E-state index contributed by atoms with van der Waals surface area (Å²) in [6.45, 7) is 30.2. The first kappa shape index (κ1) is 63.5. The van der Waals surface area contributed by atoms with Crippen LogP contribution in [0.3, 0.4) is 0 Å². The maximum absolute atomic E-state index is 14.1. The van der Waals surface area contributed by atoms with Crippen molar-refractivity contribution in [2.45, 2.75) is 165 Å². The Balaban J connectivity index is 0.00000179. The second kappa shape index (κ2) is 34.7. The summed E-state index contributed by atoms with van der Waals surface area (Å²) in [5.74, 6) is 2.76. The average Bonchev–Trinajstić information content (AvgIpc) is 3.41.